The van der Waals surface area contributed by atoms with Crippen LogP contribution in [0.3, 0.4) is 0 Å². The maximum absolute atomic E-state index is 5.91. The summed E-state index contributed by atoms with van der Waals surface area (Å²) >= 11 is 0. The smallest absolute Gasteiger partial charge is 0.242 e. The standard InChI is InChI=1S/C12H15N5O/c1-3-18-12-10(13)11(15-7-16-12)17-9-5-4-8(2)6-14-9/h4-7H,3,13H2,1-2H3,(H,14,15,16,17). The third-order valence-corrected chi connectivity index (χ3v) is 2.29. The quantitative estimate of drug-likeness (QED) is 0.855. The Morgan fingerprint density at radius 1 is 1.28 bits per heavy atom. The molecule has 0 radical (unpaired) electrons. The average Bonchev–Trinajstić information content (AvgIpc) is 2.37. The summed E-state index contributed by atoms with van der Waals surface area (Å²) in [4.78, 5) is 12.3. The topological polar surface area (TPSA) is 86.0 Å². The molecule has 0 saturated carbocycles. The van der Waals surface area contributed by atoms with Crippen LogP contribution in [0.1, 0.15) is 12.5 Å². The first-order valence-electron chi connectivity index (χ1n) is 5.63. The molecule has 0 fully saturated rings. The Labute approximate surface area is 105 Å². The van der Waals surface area contributed by atoms with E-state index < -0.39 is 0 Å². The molecular formula is C12H15N5O. The van der Waals surface area contributed by atoms with Gasteiger partial charge in [-0.15, -0.1) is 0 Å². The van der Waals surface area contributed by atoms with E-state index in [1.165, 1.54) is 6.33 Å². The van der Waals surface area contributed by atoms with Gasteiger partial charge in [0.2, 0.25) is 5.88 Å². The van der Waals surface area contributed by atoms with Gasteiger partial charge in [0.05, 0.1) is 6.61 Å². The highest BCUT2D eigenvalue weighted by Gasteiger charge is 2.09. The van der Waals surface area contributed by atoms with Crippen LogP contribution in [0.15, 0.2) is 24.7 Å². The van der Waals surface area contributed by atoms with Crippen LogP contribution in [0.25, 0.3) is 0 Å². The Bertz CT molecular complexity index is 526. The second-order valence-corrected chi connectivity index (χ2v) is 3.72. The average molecular weight is 245 g/mol. The number of hydrogen-bond donors (Lipinski definition) is 2. The molecule has 0 aliphatic heterocycles. The van der Waals surface area contributed by atoms with Crippen molar-refractivity contribution in [2.75, 3.05) is 17.7 Å². The van der Waals surface area contributed by atoms with Gasteiger partial charge in [-0.1, -0.05) is 6.07 Å². The van der Waals surface area contributed by atoms with Crippen LogP contribution < -0.4 is 15.8 Å². The number of ether oxygens (including phenoxy) is 1. The minimum Gasteiger partial charge on any atom is -0.476 e. The first-order valence-corrected chi connectivity index (χ1v) is 5.63. The molecule has 2 rings (SSSR count). The molecule has 2 aromatic rings. The number of anilines is 3. The van der Waals surface area contributed by atoms with E-state index in [0.717, 1.165) is 5.56 Å². The molecule has 0 bridgehead atoms. The van der Waals surface area contributed by atoms with Crippen molar-refractivity contribution in [3.63, 3.8) is 0 Å². The summed E-state index contributed by atoms with van der Waals surface area (Å²) in [5.41, 5.74) is 7.37. The minimum absolute atomic E-state index is 0.377. The van der Waals surface area contributed by atoms with Crippen LogP contribution >= 0.6 is 0 Å². The number of hydrogen-bond acceptors (Lipinski definition) is 6. The molecule has 0 amide bonds. The molecule has 3 N–H and O–H groups in total. The van der Waals surface area contributed by atoms with Gasteiger partial charge in [-0.25, -0.2) is 9.97 Å². The van der Waals surface area contributed by atoms with Gasteiger partial charge in [-0.2, -0.15) is 4.98 Å². The Hall–Kier alpha value is -2.37. The van der Waals surface area contributed by atoms with Crippen LogP contribution in [0.4, 0.5) is 17.3 Å². The second-order valence-electron chi connectivity index (χ2n) is 3.72. The summed E-state index contributed by atoms with van der Waals surface area (Å²) in [6, 6.07) is 3.81. The molecule has 0 atom stereocenters. The lowest BCUT2D eigenvalue weighted by Gasteiger charge is -2.10. The van der Waals surface area contributed by atoms with E-state index in [1.54, 1.807) is 6.20 Å². The minimum atomic E-state index is 0.377. The van der Waals surface area contributed by atoms with Gasteiger partial charge < -0.3 is 15.8 Å². The second kappa shape index (κ2) is 5.31. The van der Waals surface area contributed by atoms with E-state index in [-0.39, 0.29) is 0 Å². The Kier molecular flexibility index (Phi) is 3.57. The van der Waals surface area contributed by atoms with Crippen LogP contribution in [0.2, 0.25) is 0 Å². The van der Waals surface area contributed by atoms with Crippen molar-refractivity contribution in [3.05, 3.63) is 30.2 Å². The zero-order valence-corrected chi connectivity index (χ0v) is 10.3. The van der Waals surface area contributed by atoms with E-state index in [2.05, 4.69) is 20.3 Å². The summed E-state index contributed by atoms with van der Waals surface area (Å²) in [5, 5.41) is 3.03. The Morgan fingerprint density at radius 2 is 2.11 bits per heavy atom. The zero-order chi connectivity index (χ0) is 13.0. The van der Waals surface area contributed by atoms with Crippen molar-refractivity contribution in [1.82, 2.24) is 15.0 Å². The molecule has 94 valence electrons. The monoisotopic (exact) mass is 245 g/mol. The van der Waals surface area contributed by atoms with E-state index in [0.29, 0.717) is 29.8 Å². The highest BCUT2D eigenvalue weighted by Crippen LogP contribution is 2.26. The highest BCUT2D eigenvalue weighted by atomic mass is 16.5. The van der Waals surface area contributed by atoms with E-state index in [9.17, 15) is 0 Å². The fourth-order valence-corrected chi connectivity index (χ4v) is 1.39. The van der Waals surface area contributed by atoms with Crippen LogP contribution in [-0.2, 0) is 0 Å². The number of nitrogens with two attached hydrogens (primary N) is 1. The largest absolute Gasteiger partial charge is 0.476 e. The van der Waals surface area contributed by atoms with Gasteiger partial charge in [0.25, 0.3) is 0 Å². The van der Waals surface area contributed by atoms with E-state index >= 15 is 0 Å². The van der Waals surface area contributed by atoms with Gasteiger partial charge in [-0.3, -0.25) is 0 Å². The Morgan fingerprint density at radius 3 is 2.78 bits per heavy atom. The van der Waals surface area contributed by atoms with Crippen molar-refractivity contribution in [1.29, 1.82) is 0 Å². The predicted octanol–water partition coefficient (Wildman–Crippen LogP) is 1.90. The first-order chi connectivity index (χ1) is 8.70. The van der Waals surface area contributed by atoms with Crippen LogP contribution in [0.5, 0.6) is 5.88 Å². The molecule has 0 aliphatic rings. The van der Waals surface area contributed by atoms with Crippen molar-refractivity contribution in [3.8, 4) is 5.88 Å². The van der Waals surface area contributed by atoms with Crippen LogP contribution in [0, 0.1) is 6.92 Å². The number of rotatable bonds is 4. The van der Waals surface area contributed by atoms with Crippen molar-refractivity contribution in [2.45, 2.75) is 13.8 Å². The third-order valence-electron chi connectivity index (χ3n) is 2.29. The maximum Gasteiger partial charge on any atom is 0.242 e. The Balaban J connectivity index is 2.23. The molecule has 0 aromatic carbocycles. The molecule has 18 heavy (non-hydrogen) atoms. The molecule has 0 spiro atoms. The van der Waals surface area contributed by atoms with Gasteiger partial charge in [0.15, 0.2) is 5.82 Å². The number of aryl methyl sites for hydroxylation is 1. The lowest BCUT2D eigenvalue weighted by atomic mass is 10.3. The SMILES string of the molecule is CCOc1ncnc(Nc2ccc(C)cn2)c1N. The van der Waals surface area contributed by atoms with Crippen molar-refractivity contribution < 1.29 is 4.74 Å². The lowest BCUT2D eigenvalue weighted by Crippen LogP contribution is -2.05. The van der Waals surface area contributed by atoms with Crippen molar-refractivity contribution in [2.24, 2.45) is 0 Å². The van der Waals surface area contributed by atoms with E-state index in [4.69, 9.17) is 10.5 Å². The molecule has 2 heterocycles. The molecule has 6 heteroatoms. The van der Waals surface area contributed by atoms with Gasteiger partial charge >= 0.3 is 0 Å². The molecule has 2 aromatic heterocycles. The summed E-state index contributed by atoms with van der Waals surface area (Å²) in [6.45, 7) is 4.35. The maximum atomic E-state index is 5.91. The summed E-state index contributed by atoms with van der Waals surface area (Å²) in [5.74, 6) is 1.54. The van der Waals surface area contributed by atoms with Crippen LogP contribution in [-0.4, -0.2) is 21.6 Å². The van der Waals surface area contributed by atoms with Gasteiger partial charge in [0.1, 0.15) is 17.8 Å². The zero-order valence-electron chi connectivity index (χ0n) is 10.3. The summed E-state index contributed by atoms with van der Waals surface area (Å²) in [7, 11) is 0. The molecule has 6 nitrogen and oxygen atoms in total. The highest BCUT2D eigenvalue weighted by molar-refractivity contribution is 5.70. The molecule has 0 saturated heterocycles. The number of nitrogens with zero attached hydrogens (tertiary/aromatic N) is 3. The fourth-order valence-electron chi connectivity index (χ4n) is 1.39. The molecule has 0 aliphatic carbocycles. The number of aromatic nitrogens is 3. The number of nitrogens with one attached hydrogen (secondary N) is 1. The number of pyridine rings is 1. The molecule has 0 unspecified atom stereocenters. The summed E-state index contributed by atoms with van der Waals surface area (Å²) < 4.78 is 5.30. The fraction of sp³-hybridized carbons (Fsp3) is 0.250. The lowest BCUT2D eigenvalue weighted by molar-refractivity contribution is 0.328. The van der Waals surface area contributed by atoms with Gasteiger partial charge in [0, 0.05) is 6.20 Å². The van der Waals surface area contributed by atoms with Crippen molar-refractivity contribution >= 4 is 17.3 Å². The first kappa shape index (κ1) is 12.1. The van der Waals surface area contributed by atoms with E-state index in [1.807, 2.05) is 26.0 Å². The van der Waals surface area contributed by atoms with Gasteiger partial charge in [-0.05, 0) is 25.5 Å². The normalized spacial score (nSPS) is 10.1. The number of nitrogen functional groups attached to an aromatic ring is 1. The predicted molar refractivity (Wildman–Crippen MR) is 69.9 cm³/mol. The summed E-state index contributed by atoms with van der Waals surface area (Å²) in [6.07, 6.45) is 3.17. The third kappa shape index (κ3) is 2.65. The molecular weight excluding hydrogens is 230 g/mol.